The molecule has 2 aromatic heterocycles. The Balaban J connectivity index is 1.32. The zero-order valence-corrected chi connectivity index (χ0v) is 21.7. The van der Waals surface area contributed by atoms with Crippen LogP contribution in [0.5, 0.6) is 0 Å². The second-order valence-electron chi connectivity index (χ2n) is 7.99. The van der Waals surface area contributed by atoms with Crippen LogP contribution in [0.1, 0.15) is 70.4 Å². The standard InChI is InChI=1S/C26H26N4O4S2/c1-3-21(31)29-19-13-7-5-11-17(19)27-23(29)25(33)35-15-9-10-16-36-26(34)24-28-18-12-6-8-14-20(18)30(24)22(32)4-2/h5-8,11-14H,3-4,9-10,15-16H2,1-2H3. The molecule has 0 aliphatic heterocycles. The number of benzene rings is 2. The fourth-order valence-corrected chi connectivity index (χ4v) is 5.41. The van der Waals surface area contributed by atoms with Crippen molar-refractivity contribution in [2.75, 3.05) is 11.5 Å². The number of thioether (sulfide) groups is 2. The fraction of sp³-hybridized carbons (Fsp3) is 0.308. The van der Waals surface area contributed by atoms with Crippen molar-refractivity contribution in [2.45, 2.75) is 39.5 Å². The summed E-state index contributed by atoms with van der Waals surface area (Å²) in [5.41, 5.74) is 2.50. The molecule has 0 unspecified atom stereocenters. The van der Waals surface area contributed by atoms with E-state index in [0.29, 0.717) is 46.4 Å². The van der Waals surface area contributed by atoms with Crippen molar-refractivity contribution in [3.05, 3.63) is 60.2 Å². The Morgan fingerprint density at radius 3 is 1.44 bits per heavy atom. The van der Waals surface area contributed by atoms with Crippen LogP contribution in [0.15, 0.2) is 48.5 Å². The molecule has 4 rings (SSSR count). The number of unbranched alkanes of at least 4 members (excludes halogenated alkanes) is 1. The highest BCUT2D eigenvalue weighted by atomic mass is 32.2. The highest BCUT2D eigenvalue weighted by Gasteiger charge is 2.23. The van der Waals surface area contributed by atoms with Gasteiger partial charge in [0.2, 0.25) is 11.8 Å². The van der Waals surface area contributed by atoms with Crippen molar-refractivity contribution in [3.8, 4) is 0 Å². The quantitative estimate of drug-likeness (QED) is 0.257. The minimum atomic E-state index is -0.247. The maximum absolute atomic E-state index is 12.8. The molecule has 0 aliphatic carbocycles. The van der Waals surface area contributed by atoms with Crippen LogP contribution in [-0.4, -0.2) is 52.7 Å². The monoisotopic (exact) mass is 522 g/mol. The number of para-hydroxylation sites is 4. The second kappa shape index (κ2) is 11.7. The molecule has 0 spiro atoms. The first-order valence-corrected chi connectivity index (χ1v) is 13.8. The normalized spacial score (nSPS) is 11.3. The van der Waals surface area contributed by atoms with Gasteiger partial charge in [-0.1, -0.05) is 61.6 Å². The minimum Gasteiger partial charge on any atom is -0.278 e. The summed E-state index contributed by atoms with van der Waals surface area (Å²) in [7, 11) is 0. The molecule has 36 heavy (non-hydrogen) atoms. The molecule has 0 radical (unpaired) electrons. The van der Waals surface area contributed by atoms with Gasteiger partial charge in [0, 0.05) is 24.3 Å². The van der Waals surface area contributed by atoms with E-state index in [-0.39, 0.29) is 46.5 Å². The van der Waals surface area contributed by atoms with E-state index in [2.05, 4.69) is 9.97 Å². The van der Waals surface area contributed by atoms with Gasteiger partial charge in [-0.25, -0.2) is 9.97 Å². The van der Waals surface area contributed by atoms with Gasteiger partial charge in [-0.15, -0.1) is 0 Å². The van der Waals surface area contributed by atoms with Crippen LogP contribution >= 0.6 is 23.5 Å². The molecule has 0 saturated carbocycles. The van der Waals surface area contributed by atoms with E-state index in [1.54, 1.807) is 38.1 Å². The minimum absolute atomic E-state index is 0.150. The first kappa shape index (κ1) is 25.8. The lowest BCUT2D eigenvalue weighted by molar-refractivity contribution is 0.0894. The number of hydrogen-bond acceptors (Lipinski definition) is 8. The molecule has 0 amide bonds. The second-order valence-corrected chi connectivity index (χ2v) is 10.1. The highest BCUT2D eigenvalue weighted by Crippen LogP contribution is 2.23. The summed E-state index contributed by atoms with van der Waals surface area (Å²) in [6, 6.07) is 14.4. The predicted octanol–water partition coefficient (Wildman–Crippen LogP) is 5.71. The van der Waals surface area contributed by atoms with Gasteiger partial charge in [0.25, 0.3) is 10.2 Å². The molecule has 8 nitrogen and oxygen atoms in total. The Bertz CT molecular complexity index is 1350. The van der Waals surface area contributed by atoms with Gasteiger partial charge >= 0.3 is 0 Å². The lowest BCUT2D eigenvalue weighted by Gasteiger charge is -2.06. The Morgan fingerprint density at radius 1 is 0.667 bits per heavy atom. The Kier molecular flexibility index (Phi) is 8.37. The summed E-state index contributed by atoms with van der Waals surface area (Å²) in [5, 5.41) is -0.493. The van der Waals surface area contributed by atoms with E-state index >= 15 is 0 Å². The molecule has 2 heterocycles. The highest BCUT2D eigenvalue weighted by molar-refractivity contribution is 8.14. The number of aromatic nitrogens is 4. The number of carbonyl (C=O) groups is 4. The van der Waals surface area contributed by atoms with Gasteiger partial charge in [-0.05, 0) is 37.1 Å². The van der Waals surface area contributed by atoms with E-state index in [9.17, 15) is 19.2 Å². The van der Waals surface area contributed by atoms with Gasteiger partial charge < -0.3 is 0 Å². The zero-order valence-electron chi connectivity index (χ0n) is 20.1. The van der Waals surface area contributed by atoms with Crippen molar-refractivity contribution in [2.24, 2.45) is 0 Å². The zero-order chi connectivity index (χ0) is 25.7. The Labute approximate surface area is 216 Å². The Hall–Kier alpha value is -3.24. The summed E-state index contributed by atoms with van der Waals surface area (Å²) < 4.78 is 2.81. The average molecular weight is 523 g/mol. The molecule has 0 bridgehead atoms. The Morgan fingerprint density at radius 2 is 1.06 bits per heavy atom. The van der Waals surface area contributed by atoms with Crippen LogP contribution in [0.4, 0.5) is 0 Å². The molecule has 0 fully saturated rings. The first-order chi connectivity index (χ1) is 17.5. The van der Waals surface area contributed by atoms with E-state index in [1.807, 2.05) is 24.3 Å². The van der Waals surface area contributed by atoms with Gasteiger partial charge in [-0.2, -0.15) is 0 Å². The third-order valence-corrected chi connectivity index (χ3v) is 7.47. The first-order valence-electron chi connectivity index (χ1n) is 11.8. The van der Waals surface area contributed by atoms with Crippen LogP contribution in [0.25, 0.3) is 22.1 Å². The van der Waals surface area contributed by atoms with Gasteiger partial charge in [0.15, 0.2) is 11.6 Å². The maximum Gasteiger partial charge on any atom is 0.255 e. The molecule has 0 atom stereocenters. The topological polar surface area (TPSA) is 104 Å². The number of rotatable bonds is 9. The molecular weight excluding hydrogens is 496 g/mol. The molecule has 4 aromatic rings. The number of nitrogens with zero attached hydrogens (tertiary/aromatic N) is 4. The number of imidazole rings is 2. The largest absolute Gasteiger partial charge is 0.278 e. The van der Waals surface area contributed by atoms with Crippen molar-refractivity contribution in [1.82, 2.24) is 19.1 Å². The van der Waals surface area contributed by atoms with Crippen LogP contribution in [0.2, 0.25) is 0 Å². The molecule has 0 aliphatic rings. The number of carbonyl (C=O) groups excluding carboxylic acids is 4. The summed E-state index contributed by atoms with van der Waals surface area (Å²) >= 11 is 2.25. The van der Waals surface area contributed by atoms with E-state index in [4.69, 9.17) is 0 Å². The lowest BCUT2D eigenvalue weighted by Crippen LogP contribution is -2.16. The van der Waals surface area contributed by atoms with Crippen LogP contribution in [-0.2, 0) is 0 Å². The average Bonchev–Trinajstić information content (AvgIpc) is 3.48. The van der Waals surface area contributed by atoms with Crippen molar-refractivity contribution in [1.29, 1.82) is 0 Å². The lowest BCUT2D eigenvalue weighted by atomic mass is 10.3. The van der Waals surface area contributed by atoms with Gasteiger partial charge in [0.1, 0.15) is 0 Å². The number of hydrogen-bond donors (Lipinski definition) is 0. The SMILES string of the molecule is CCC(=O)n1c(C(=O)SCCCCSC(=O)c2nc3ccccc3n2C(=O)CC)nc2ccccc21. The molecular formula is C26H26N4O4S2. The molecule has 0 N–H and O–H groups in total. The molecule has 10 heteroatoms. The molecule has 2 aromatic carbocycles. The third kappa shape index (κ3) is 5.29. The third-order valence-electron chi connectivity index (χ3n) is 5.60. The molecule has 186 valence electrons. The maximum atomic E-state index is 12.8. The summed E-state index contributed by atoms with van der Waals surface area (Å²) in [5.74, 6) is 1.05. The predicted molar refractivity (Wildman–Crippen MR) is 144 cm³/mol. The number of fused-ring (bicyclic) bond motifs is 2. The van der Waals surface area contributed by atoms with Gasteiger partial charge in [-0.3, -0.25) is 28.3 Å². The van der Waals surface area contributed by atoms with Crippen LogP contribution in [0, 0.1) is 0 Å². The van der Waals surface area contributed by atoms with E-state index in [0.717, 1.165) is 23.5 Å². The van der Waals surface area contributed by atoms with Crippen LogP contribution < -0.4 is 0 Å². The van der Waals surface area contributed by atoms with Crippen molar-refractivity contribution >= 4 is 67.6 Å². The smallest absolute Gasteiger partial charge is 0.255 e. The van der Waals surface area contributed by atoms with Crippen molar-refractivity contribution in [3.63, 3.8) is 0 Å². The molecule has 0 saturated heterocycles. The summed E-state index contributed by atoms with van der Waals surface area (Å²) in [4.78, 5) is 59.3. The fourth-order valence-electron chi connectivity index (χ4n) is 3.81. The van der Waals surface area contributed by atoms with Gasteiger partial charge in [0.05, 0.1) is 22.1 Å². The summed E-state index contributed by atoms with van der Waals surface area (Å²) in [6.07, 6.45) is 1.97. The van der Waals surface area contributed by atoms with Crippen molar-refractivity contribution < 1.29 is 19.2 Å². The van der Waals surface area contributed by atoms with Crippen LogP contribution in [0.3, 0.4) is 0 Å². The summed E-state index contributed by atoms with van der Waals surface area (Å²) in [6.45, 7) is 3.51. The van der Waals surface area contributed by atoms with E-state index < -0.39 is 0 Å². The van der Waals surface area contributed by atoms with E-state index in [1.165, 1.54) is 9.13 Å².